The van der Waals surface area contributed by atoms with Crippen LogP contribution in [0.4, 0.5) is 5.69 Å². The average Bonchev–Trinajstić information content (AvgIpc) is 2.43. The van der Waals surface area contributed by atoms with Gasteiger partial charge in [0.2, 0.25) is 5.91 Å². The SMILES string of the molecule is CC(=O)N(NCc1c(Cl)cccc1Cl)c1cccnc1. The number of aromatic nitrogens is 1. The molecule has 2 rings (SSSR count). The second-order valence-electron chi connectivity index (χ2n) is 4.10. The number of nitrogens with zero attached hydrogens (tertiary/aromatic N) is 2. The number of benzene rings is 1. The molecular formula is C14H13Cl2N3O. The second kappa shape index (κ2) is 6.70. The topological polar surface area (TPSA) is 45.2 Å². The molecule has 104 valence electrons. The number of nitrogens with one attached hydrogen (secondary N) is 1. The van der Waals surface area contributed by atoms with E-state index in [2.05, 4.69) is 10.4 Å². The van der Waals surface area contributed by atoms with Gasteiger partial charge in [0.15, 0.2) is 0 Å². The van der Waals surface area contributed by atoms with Crippen molar-refractivity contribution < 1.29 is 4.79 Å². The summed E-state index contributed by atoms with van der Waals surface area (Å²) in [5.74, 6) is -0.152. The Morgan fingerprint density at radius 3 is 2.50 bits per heavy atom. The van der Waals surface area contributed by atoms with Crippen molar-refractivity contribution in [3.63, 3.8) is 0 Å². The molecular weight excluding hydrogens is 297 g/mol. The van der Waals surface area contributed by atoms with Crippen LogP contribution in [0, 0.1) is 0 Å². The summed E-state index contributed by atoms with van der Waals surface area (Å²) in [4.78, 5) is 15.7. The molecule has 6 heteroatoms. The van der Waals surface area contributed by atoms with Crippen LogP contribution < -0.4 is 10.4 Å². The molecule has 1 amide bonds. The molecule has 0 bridgehead atoms. The number of carbonyl (C=O) groups excluding carboxylic acids is 1. The Hall–Kier alpha value is -1.62. The number of pyridine rings is 1. The van der Waals surface area contributed by atoms with Crippen LogP contribution in [-0.2, 0) is 11.3 Å². The molecule has 1 aromatic carbocycles. The fourth-order valence-electron chi connectivity index (χ4n) is 1.73. The lowest BCUT2D eigenvalue weighted by atomic mass is 10.2. The maximum absolute atomic E-state index is 11.7. The van der Waals surface area contributed by atoms with Crippen LogP contribution in [0.2, 0.25) is 10.0 Å². The van der Waals surface area contributed by atoms with Crippen molar-refractivity contribution in [1.29, 1.82) is 0 Å². The zero-order valence-electron chi connectivity index (χ0n) is 10.8. The van der Waals surface area contributed by atoms with Gasteiger partial charge in [0.25, 0.3) is 0 Å². The zero-order valence-corrected chi connectivity index (χ0v) is 12.3. The van der Waals surface area contributed by atoms with Crippen molar-refractivity contribution in [1.82, 2.24) is 10.4 Å². The number of halogens is 2. The fourth-order valence-corrected chi connectivity index (χ4v) is 2.26. The molecule has 0 fully saturated rings. The van der Waals surface area contributed by atoms with Crippen LogP contribution in [0.1, 0.15) is 12.5 Å². The molecule has 0 unspecified atom stereocenters. The van der Waals surface area contributed by atoms with Crippen LogP contribution in [0.25, 0.3) is 0 Å². The van der Waals surface area contributed by atoms with E-state index in [0.717, 1.165) is 5.56 Å². The third kappa shape index (κ3) is 3.48. The minimum Gasteiger partial charge on any atom is -0.273 e. The van der Waals surface area contributed by atoms with E-state index < -0.39 is 0 Å². The number of hydrazine groups is 1. The number of amides is 1. The van der Waals surface area contributed by atoms with Gasteiger partial charge in [-0.25, -0.2) is 10.4 Å². The lowest BCUT2D eigenvalue weighted by molar-refractivity contribution is -0.117. The number of rotatable bonds is 4. The highest BCUT2D eigenvalue weighted by Gasteiger charge is 2.13. The van der Waals surface area contributed by atoms with E-state index in [4.69, 9.17) is 23.2 Å². The van der Waals surface area contributed by atoms with E-state index >= 15 is 0 Å². The van der Waals surface area contributed by atoms with Gasteiger partial charge in [-0.05, 0) is 24.3 Å². The number of hydrogen-bond donors (Lipinski definition) is 1. The van der Waals surface area contributed by atoms with E-state index in [1.807, 2.05) is 0 Å². The molecule has 20 heavy (non-hydrogen) atoms. The molecule has 0 saturated heterocycles. The lowest BCUT2D eigenvalue weighted by Crippen LogP contribution is -2.41. The van der Waals surface area contributed by atoms with Gasteiger partial charge in [-0.2, -0.15) is 0 Å². The minimum atomic E-state index is -0.152. The Morgan fingerprint density at radius 2 is 1.95 bits per heavy atom. The van der Waals surface area contributed by atoms with Gasteiger partial charge in [-0.15, -0.1) is 0 Å². The number of anilines is 1. The van der Waals surface area contributed by atoms with Gasteiger partial charge in [0, 0.05) is 35.3 Å². The molecule has 0 radical (unpaired) electrons. The fraction of sp³-hybridized carbons (Fsp3) is 0.143. The normalized spacial score (nSPS) is 10.3. The van der Waals surface area contributed by atoms with E-state index in [1.165, 1.54) is 11.9 Å². The molecule has 0 aliphatic heterocycles. The molecule has 1 N–H and O–H groups in total. The summed E-state index contributed by atoms with van der Waals surface area (Å²) >= 11 is 12.2. The molecule has 0 aliphatic rings. The van der Waals surface area contributed by atoms with Gasteiger partial charge >= 0.3 is 0 Å². The van der Waals surface area contributed by atoms with Crippen LogP contribution in [0.5, 0.6) is 0 Å². The molecule has 0 spiro atoms. The predicted molar refractivity (Wildman–Crippen MR) is 80.7 cm³/mol. The van der Waals surface area contributed by atoms with Crippen LogP contribution in [-0.4, -0.2) is 10.9 Å². The van der Waals surface area contributed by atoms with Gasteiger partial charge < -0.3 is 0 Å². The van der Waals surface area contributed by atoms with Gasteiger partial charge in [0.05, 0.1) is 11.9 Å². The first-order valence-electron chi connectivity index (χ1n) is 5.96. The third-order valence-corrected chi connectivity index (χ3v) is 3.40. The highest BCUT2D eigenvalue weighted by molar-refractivity contribution is 6.35. The molecule has 0 saturated carbocycles. The average molecular weight is 310 g/mol. The Bertz CT molecular complexity index is 584. The van der Waals surface area contributed by atoms with E-state index in [0.29, 0.717) is 22.3 Å². The highest BCUT2D eigenvalue weighted by atomic mass is 35.5. The highest BCUT2D eigenvalue weighted by Crippen LogP contribution is 2.24. The molecule has 0 aliphatic carbocycles. The standard InChI is InChI=1S/C14H13Cl2N3O/c1-10(20)19(11-4-3-7-17-8-11)18-9-12-13(15)5-2-6-14(12)16/h2-8,18H,9H2,1H3. The quantitative estimate of drug-likeness (QED) is 0.880. The predicted octanol–water partition coefficient (Wildman–Crippen LogP) is 3.45. The van der Waals surface area contributed by atoms with Crippen LogP contribution >= 0.6 is 23.2 Å². The third-order valence-electron chi connectivity index (χ3n) is 2.69. The van der Waals surface area contributed by atoms with Crippen LogP contribution in [0.3, 0.4) is 0 Å². The van der Waals surface area contributed by atoms with Gasteiger partial charge in [0.1, 0.15) is 0 Å². The molecule has 0 atom stereocenters. The van der Waals surface area contributed by atoms with E-state index in [-0.39, 0.29) is 5.91 Å². The maximum atomic E-state index is 11.7. The molecule has 2 aromatic rings. The van der Waals surface area contributed by atoms with Crippen LogP contribution in [0.15, 0.2) is 42.7 Å². The Morgan fingerprint density at radius 1 is 1.25 bits per heavy atom. The summed E-state index contributed by atoms with van der Waals surface area (Å²) < 4.78 is 0. The van der Waals surface area contributed by atoms with E-state index in [9.17, 15) is 4.79 Å². The van der Waals surface area contributed by atoms with Gasteiger partial charge in [-0.1, -0.05) is 29.3 Å². The first-order valence-corrected chi connectivity index (χ1v) is 6.72. The summed E-state index contributed by atoms with van der Waals surface area (Å²) in [6, 6.07) is 8.84. The van der Waals surface area contributed by atoms with Crippen molar-refractivity contribution >= 4 is 34.8 Å². The Balaban J connectivity index is 2.17. The minimum absolute atomic E-state index is 0.152. The Kier molecular flexibility index (Phi) is 4.95. The summed E-state index contributed by atoms with van der Waals surface area (Å²) in [5, 5.41) is 2.52. The summed E-state index contributed by atoms with van der Waals surface area (Å²) in [6.07, 6.45) is 3.25. The van der Waals surface area contributed by atoms with Crippen molar-refractivity contribution in [2.24, 2.45) is 0 Å². The van der Waals surface area contributed by atoms with Crippen molar-refractivity contribution in [2.45, 2.75) is 13.5 Å². The molecule has 1 aromatic heterocycles. The largest absolute Gasteiger partial charge is 0.273 e. The maximum Gasteiger partial charge on any atom is 0.238 e. The van der Waals surface area contributed by atoms with Crippen molar-refractivity contribution in [3.8, 4) is 0 Å². The second-order valence-corrected chi connectivity index (χ2v) is 4.92. The molecule has 1 heterocycles. The van der Waals surface area contributed by atoms with Gasteiger partial charge in [-0.3, -0.25) is 9.78 Å². The zero-order chi connectivity index (χ0) is 14.5. The van der Waals surface area contributed by atoms with Crippen molar-refractivity contribution in [2.75, 3.05) is 5.01 Å². The van der Waals surface area contributed by atoms with Crippen molar-refractivity contribution in [3.05, 3.63) is 58.3 Å². The summed E-state index contributed by atoms with van der Waals surface area (Å²) in [6.45, 7) is 1.81. The lowest BCUT2D eigenvalue weighted by Gasteiger charge is -2.22. The number of carbonyl (C=O) groups is 1. The Labute approximate surface area is 127 Å². The number of hydrogen-bond acceptors (Lipinski definition) is 3. The first kappa shape index (κ1) is 14.8. The van der Waals surface area contributed by atoms with E-state index in [1.54, 1.807) is 42.7 Å². The summed E-state index contributed by atoms with van der Waals surface area (Å²) in [5.41, 5.74) is 4.41. The molecule has 4 nitrogen and oxygen atoms in total. The smallest absolute Gasteiger partial charge is 0.238 e. The summed E-state index contributed by atoms with van der Waals surface area (Å²) in [7, 11) is 0. The monoisotopic (exact) mass is 309 g/mol. The first-order chi connectivity index (χ1) is 9.59.